The summed E-state index contributed by atoms with van der Waals surface area (Å²) in [7, 11) is 0. The van der Waals surface area contributed by atoms with Crippen LogP contribution in [0.2, 0.25) is 0 Å². The third-order valence-electron chi connectivity index (χ3n) is 6.54. The molecule has 0 spiro atoms. The number of aromatic carboxylic acids is 1. The predicted octanol–water partition coefficient (Wildman–Crippen LogP) is 1.58. The molecule has 3 N–H and O–H groups in total. The van der Waals surface area contributed by atoms with Crippen molar-refractivity contribution < 1.29 is 29.7 Å². The molecular formula is C27H32N6O6. The van der Waals surface area contributed by atoms with E-state index in [1.165, 1.54) is 6.07 Å². The van der Waals surface area contributed by atoms with Crippen molar-refractivity contribution in [3.63, 3.8) is 0 Å². The first kappa shape index (κ1) is 28.0. The summed E-state index contributed by atoms with van der Waals surface area (Å²) in [6.45, 7) is 3.68. The van der Waals surface area contributed by atoms with E-state index in [1.54, 1.807) is 12.1 Å². The van der Waals surface area contributed by atoms with Gasteiger partial charge in [0.25, 0.3) is 0 Å². The van der Waals surface area contributed by atoms with E-state index in [0.717, 1.165) is 11.4 Å². The lowest BCUT2D eigenvalue weighted by Gasteiger charge is -2.30. The molecule has 39 heavy (non-hydrogen) atoms. The summed E-state index contributed by atoms with van der Waals surface area (Å²) in [5.41, 5.74) is 3.09. The minimum Gasteiger partial charge on any atom is -0.480 e. The quantitative estimate of drug-likeness (QED) is 0.449. The number of pyridine rings is 2. The maximum Gasteiger partial charge on any atom is 0.354 e. The molecule has 0 saturated heterocycles. The van der Waals surface area contributed by atoms with Crippen molar-refractivity contribution in [2.45, 2.75) is 32.5 Å². The number of aliphatic imine (C=N–C) groups is 1. The second kappa shape index (κ2) is 13.2. The van der Waals surface area contributed by atoms with Crippen molar-refractivity contribution in [2.24, 2.45) is 4.99 Å². The summed E-state index contributed by atoms with van der Waals surface area (Å²) in [5, 5.41) is 28.2. The number of hydrogen-bond donors (Lipinski definition) is 3. The highest BCUT2D eigenvalue weighted by molar-refractivity contribution is 6.36. The fourth-order valence-corrected chi connectivity index (χ4v) is 4.67. The van der Waals surface area contributed by atoms with Crippen LogP contribution in [0.4, 0.5) is 0 Å². The molecule has 206 valence electrons. The molecule has 2 aliphatic rings. The molecule has 4 heterocycles. The average molecular weight is 537 g/mol. The topological polar surface area (TPSA) is 160 Å². The van der Waals surface area contributed by atoms with E-state index in [2.05, 4.69) is 19.8 Å². The molecular weight excluding hydrogens is 504 g/mol. The zero-order valence-corrected chi connectivity index (χ0v) is 21.6. The van der Waals surface area contributed by atoms with Crippen molar-refractivity contribution in [1.29, 1.82) is 0 Å². The van der Waals surface area contributed by atoms with E-state index in [4.69, 9.17) is 4.98 Å². The van der Waals surface area contributed by atoms with E-state index in [1.807, 2.05) is 29.2 Å². The lowest BCUT2D eigenvalue weighted by molar-refractivity contribution is -0.138. The fourth-order valence-electron chi connectivity index (χ4n) is 4.67. The van der Waals surface area contributed by atoms with E-state index in [9.17, 15) is 29.7 Å². The molecule has 0 fully saturated rings. The monoisotopic (exact) mass is 536 g/mol. The van der Waals surface area contributed by atoms with Gasteiger partial charge in [-0.25, -0.2) is 19.6 Å². The van der Waals surface area contributed by atoms with Gasteiger partial charge in [0.15, 0.2) is 0 Å². The van der Waals surface area contributed by atoms with Gasteiger partial charge in [0, 0.05) is 58.8 Å². The van der Waals surface area contributed by atoms with Crippen LogP contribution in [0.3, 0.4) is 0 Å². The first-order valence-corrected chi connectivity index (χ1v) is 12.8. The minimum atomic E-state index is -1.09. The number of carbonyl (C=O) groups is 3. The number of carboxylic acids is 3. The van der Waals surface area contributed by atoms with Crippen LogP contribution in [0.15, 0.2) is 53.2 Å². The van der Waals surface area contributed by atoms with Crippen LogP contribution in [-0.2, 0) is 29.2 Å². The lowest BCUT2D eigenvalue weighted by atomic mass is 10.1. The summed E-state index contributed by atoms with van der Waals surface area (Å²) >= 11 is 0. The van der Waals surface area contributed by atoms with Gasteiger partial charge in [-0.05, 0) is 30.7 Å². The smallest absolute Gasteiger partial charge is 0.354 e. The Bertz CT molecular complexity index is 1280. The summed E-state index contributed by atoms with van der Waals surface area (Å²) in [6, 6.07) is 10.7. The highest BCUT2D eigenvalue weighted by atomic mass is 16.4. The first-order chi connectivity index (χ1) is 18.7. The molecule has 2 aliphatic heterocycles. The minimum absolute atomic E-state index is 0.0255. The third kappa shape index (κ3) is 8.50. The number of fused-ring (bicyclic) bond motifs is 2. The van der Waals surface area contributed by atoms with Gasteiger partial charge in [-0.2, -0.15) is 0 Å². The molecule has 2 bridgehead atoms. The Morgan fingerprint density at radius 3 is 2.05 bits per heavy atom. The maximum absolute atomic E-state index is 11.6. The molecule has 12 nitrogen and oxygen atoms in total. The Hall–Kier alpha value is -4.00. The molecule has 4 rings (SSSR count). The summed E-state index contributed by atoms with van der Waals surface area (Å²) in [5.74, 6) is -3.02. The molecule has 0 atom stereocenters. The van der Waals surface area contributed by atoms with Crippen molar-refractivity contribution >= 4 is 23.6 Å². The average Bonchev–Trinajstić information content (AvgIpc) is 2.89. The lowest BCUT2D eigenvalue weighted by Crippen LogP contribution is -2.42. The van der Waals surface area contributed by atoms with E-state index in [0.29, 0.717) is 76.6 Å². The number of rotatable bonds is 8. The third-order valence-corrected chi connectivity index (χ3v) is 6.54. The highest BCUT2D eigenvalue weighted by Gasteiger charge is 2.20. The van der Waals surface area contributed by atoms with Gasteiger partial charge in [-0.1, -0.05) is 18.2 Å². The Kier molecular flexibility index (Phi) is 9.47. The molecule has 2 aromatic heterocycles. The van der Waals surface area contributed by atoms with Gasteiger partial charge in [-0.15, -0.1) is 0 Å². The van der Waals surface area contributed by atoms with Crippen LogP contribution >= 0.6 is 0 Å². The number of allylic oxidation sites excluding steroid dienone is 1. The van der Waals surface area contributed by atoms with Crippen molar-refractivity contribution in [3.8, 4) is 0 Å². The molecule has 0 amide bonds. The van der Waals surface area contributed by atoms with Crippen molar-refractivity contribution in [2.75, 3.05) is 39.3 Å². The predicted molar refractivity (Wildman–Crippen MR) is 141 cm³/mol. The number of carboxylic acid groups (broad SMARTS) is 3. The zero-order chi connectivity index (χ0) is 27.8. The van der Waals surface area contributed by atoms with E-state index in [-0.39, 0.29) is 18.0 Å². The molecule has 12 heteroatoms. The summed E-state index contributed by atoms with van der Waals surface area (Å²) in [6.07, 6.45) is 2.97. The number of hydrogen-bond acceptors (Lipinski definition) is 9. The Balaban J connectivity index is 1.56. The van der Waals surface area contributed by atoms with E-state index < -0.39 is 17.9 Å². The van der Waals surface area contributed by atoms with Crippen LogP contribution < -0.4 is 0 Å². The van der Waals surface area contributed by atoms with E-state index >= 15 is 0 Å². The summed E-state index contributed by atoms with van der Waals surface area (Å²) < 4.78 is 0. The normalized spacial score (nSPS) is 17.8. The fraction of sp³-hybridized carbons (Fsp3) is 0.407. The van der Waals surface area contributed by atoms with Gasteiger partial charge in [-0.3, -0.25) is 24.5 Å². The van der Waals surface area contributed by atoms with Crippen LogP contribution in [-0.4, -0.2) is 103 Å². The van der Waals surface area contributed by atoms with Crippen LogP contribution in [0, 0.1) is 0 Å². The summed E-state index contributed by atoms with van der Waals surface area (Å²) in [4.78, 5) is 53.9. The second-order valence-electron chi connectivity index (χ2n) is 9.63. The van der Waals surface area contributed by atoms with Gasteiger partial charge in [0.1, 0.15) is 11.4 Å². The first-order valence-electron chi connectivity index (χ1n) is 12.8. The van der Waals surface area contributed by atoms with Gasteiger partial charge >= 0.3 is 17.9 Å². The molecule has 0 aliphatic carbocycles. The highest BCUT2D eigenvalue weighted by Crippen LogP contribution is 2.16. The van der Waals surface area contributed by atoms with Crippen molar-refractivity contribution in [3.05, 3.63) is 70.9 Å². The number of nitrogens with zero attached hydrogens (tertiary/aromatic N) is 6. The van der Waals surface area contributed by atoms with Crippen LogP contribution in [0.1, 0.15) is 40.4 Å². The second-order valence-corrected chi connectivity index (χ2v) is 9.63. The SMILES string of the molecule is O=C(O)CN1CCN(CC2=CCCC(C(=O)O)=N2)Cc2cccc(n2)CN(Cc2cccc(C(=O)O)n2)CC1. The van der Waals surface area contributed by atoms with Gasteiger partial charge < -0.3 is 15.3 Å². The molecule has 0 aromatic carbocycles. The molecule has 0 radical (unpaired) electrons. The van der Waals surface area contributed by atoms with Gasteiger partial charge in [0.05, 0.1) is 29.3 Å². The van der Waals surface area contributed by atoms with Crippen molar-refractivity contribution in [1.82, 2.24) is 24.7 Å². The molecule has 0 saturated carbocycles. The Labute approximate surface area is 225 Å². The number of aromatic nitrogens is 2. The van der Waals surface area contributed by atoms with Crippen LogP contribution in [0.25, 0.3) is 0 Å². The van der Waals surface area contributed by atoms with Gasteiger partial charge in [0.2, 0.25) is 0 Å². The molecule has 0 unspecified atom stereocenters. The Morgan fingerprint density at radius 2 is 1.41 bits per heavy atom. The number of aliphatic carboxylic acids is 2. The zero-order valence-electron chi connectivity index (χ0n) is 21.6. The van der Waals surface area contributed by atoms with Crippen LogP contribution in [0.5, 0.6) is 0 Å². The maximum atomic E-state index is 11.6. The standard InChI is InChI=1S/C27H32N6O6/c34-25(35)18-31-10-12-32(16-21-6-2-8-23(29-21)26(36)37)14-19-4-1-5-20(28-19)15-33(13-11-31)17-22-7-3-9-24(30-22)27(38)39/h1-2,4-8H,3,9-18H2,(H,34,35)(H,36,37)(H,38,39). The molecule has 2 aromatic rings. The Morgan fingerprint density at radius 1 is 0.769 bits per heavy atom. The largest absolute Gasteiger partial charge is 0.480 e.